The van der Waals surface area contributed by atoms with Gasteiger partial charge in [-0.1, -0.05) is 76.6 Å². The van der Waals surface area contributed by atoms with Gasteiger partial charge in [0.1, 0.15) is 11.8 Å². The van der Waals surface area contributed by atoms with Crippen LogP contribution in [0, 0.1) is 16.7 Å². The molecule has 0 N–H and O–H groups in total. The zero-order chi connectivity index (χ0) is 25.3. The molecular formula is C27H35ClN2O3Si. The molecule has 2 atom stereocenters. The standard InChI is InChI=1S/C27H35ClN2O3Si/c1-26(2,3)34(6,7)32-17-23(19-11-9-8-10-12-19)30-18-27(4,5)24(25(30)31)33-21-14-13-20(16-29)22(28)15-21/h8-15,23-24H,17-18H2,1-7H3/t23-,24-/m0/s1. The maximum absolute atomic E-state index is 13.7. The Morgan fingerprint density at radius 2 is 1.85 bits per heavy atom. The molecule has 2 aromatic carbocycles. The van der Waals surface area contributed by atoms with Crippen molar-refractivity contribution in [1.82, 2.24) is 4.90 Å². The number of likely N-dealkylation sites (tertiary alicyclic amines) is 1. The normalized spacial score (nSPS) is 19.1. The molecule has 3 rings (SSSR count). The maximum atomic E-state index is 13.7. The zero-order valence-corrected chi connectivity index (χ0v) is 22.9. The van der Waals surface area contributed by atoms with Crippen molar-refractivity contribution in [2.75, 3.05) is 13.2 Å². The number of hydrogen-bond donors (Lipinski definition) is 0. The second kappa shape index (κ2) is 9.73. The maximum Gasteiger partial charge on any atom is 0.264 e. The van der Waals surface area contributed by atoms with E-state index < -0.39 is 19.8 Å². The number of nitrogens with zero attached hydrogens (tertiary/aromatic N) is 2. The van der Waals surface area contributed by atoms with Crippen LogP contribution < -0.4 is 4.74 Å². The Balaban J connectivity index is 1.89. The van der Waals surface area contributed by atoms with E-state index in [4.69, 9.17) is 26.0 Å². The minimum atomic E-state index is -2.01. The van der Waals surface area contributed by atoms with E-state index in [-0.39, 0.29) is 17.0 Å². The quantitative estimate of drug-likeness (QED) is 0.404. The van der Waals surface area contributed by atoms with E-state index in [1.165, 1.54) is 0 Å². The first-order valence-corrected chi connectivity index (χ1v) is 14.9. The van der Waals surface area contributed by atoms with Crippen molar-refractivity contribution in [3.05, 3.63) is 64.7 Å². The molecule has 1 aliphatic rings. The van der Waals surface area contributed by atoms with Crippen LogP contribution in [0.2, 0.25) is 23.2 Å². The largest absolute Gasteiger partial charge is 0.480 e. The van der Waals surface area contributed by atoms with Crippen molar-refractivity contribution in [3.63, 3.8) is 0 Å². The summed E-state index contributed by atoms with van der Waals surface area (Å²) in [6, 6.07) is 16.8. The van der Waals surface area contributed by atoms with Gasteiger partial charge in [0.2, 0.25) is 0 Å². The third-order valence-electron chi connectivity index (χ3n) is 7.08. The van der Waals surface area contributed by atoms with Crippen molar-refractivity contribution < 1.29 is 14.0 Å². The molecule has 1 aliphatic heterocycles. The number of benzene rings is 2. The van der Waals surface area contributed by atoms with Crippen molar-refractivity contribution in [1.29, 1.82) is 5.26 Å². The van der Waals surface area contributed by atoms with E-state index in [1.807, 2.05) is 43.0 Å². The summed E-state index contributed by atoms with van der Waals surface area (Å²) in [5.41, 5.74) is 0.994. The van der Waals surface area contributed by atoms with Gasteiger partial charge in [0.25, 0.3) is 5.91 Å². The Bertz CT molecular complexity index is 1070. The highest BCUT2D eigenvalue weighted by atomic mass is 35.5. The Hall–Kier alpha value is -2.33. The summed E-state index contributed by atoms with van der Waals surface area (Å²) in [4.78, 5) is 15.6. The predicted octanol–water partition coefficient (Wildman–Crippen LogP) is 6.59. The summed E-state index contributed by atoms with van der Waals surface area (Å²) in [5, 5.41) is 9.52. The summed E-state index contributed by atoms with van der Waals surface area (Å²) in [7, 11) is -2.01. The minimum Gasteiger partial charge on any atom is -0.480 e. The molecule has 2 aromatic rings. The average Bonchev–Trinajstić information content (AvgIpc) is 2.97. The highest BCUT2D eigenvalue weighted by Crippen LogP contribution is 2.41. The lowest BCUT2D eigenvalue weighted by atomic mass is 9.89. The summed E-state index contributed by atoms with van der Waals surface area (Å²) < 4.78 is 12.8. The molecule has 0 saturated carbocycles. The fraction of sp³-hybridized carbons (Fsp3) is 0.481. The minimum absolute atomic E-state index is 0.0711. The first-order valence-electron chi connectivity index (χ1n) is 11.6. The topological polar surface area (TPSA) is 62.6 Å². The van der Waals surface area contributed by atoms with Crippen LogP contribution in [0.4, 0.5) is 0 Å². The molecule has 7 heteroatoms. The number of rotatable bonds is 7. The SMILES string of the molecule is CC1(C)CN([C@@H](CO[Si](C)(C)C(C)(C)C)c2ccccc2)C(=O)[C@@H]1Oc1ccc(C#N)c(Cl)c1. The molecule has 182 valence electrons. The molecule has 0 bridgehead atoms. The van der Waals surface area contributed by atoms with Gasteiger partial charge >= 0.3 is 0 Å². The van der Waals surface area contributed by atoms with Crippen LogP contribution >= 0.6 is 11.6 Å². The molecule has 1 amide bonds. The van der Waals surface area contributed by atoms with Crippen LogP contribution in [0.15, 0.2) is 48.5 Å². The monoisotopic (exact) mass is 498 g/mol. The van der Waals surface area contributed by atoms with Gasteiger partial charge in [0, 0.05) is 18.0 Å². The van der Waals surface area contributed by atoms with Gasteiger partial charge in [-0.2, -0.15) is 5.26 Å². The van der Waals surface area contributed by atoms with Crippen molar-refractivity contribution in [2.45, 2.75) is 64.9 Å². The van der Waals surface area contributed by atoms with Crippen LogP contribution in [-0.4, -0.2) is 38.4 Å². The molecule has 1 heterocycles. The Morgan fingerprint density at radius 1 is 1.21 bits per heavy atom. The smallest absolute Gasteiger partial charge is 0.264 e. The third kappa shape index (κ3) is 5.49. The van der Waals surface area contributed by atoms with Crippen molar-refractivity contribution >= 4 is 25.8 Å². The number of carbonyl (C=O) groups is 1. The molecule has 0 radical (unpaired) electrons. The van der Waals surface area contributed by atoms with E-state index in [1.54, 1.807) is 18.2 Å². The Labute approximate surface area is 209 Å². The summed E-state index contributed by atoms with van der Waals surface area (Å²) in [5.74, 6) is 0.407. The van der Waals surface area contributed by atoms with Gasteiger partial charge in [-0.3, -0.25) is 4.79 Å². The van der Waals surface area contributed by atoms with Crippen molar-refractivity contribution in [3.8, 4) is 11.8 Å². The van der Waals surface area contributed by atoms with Gasteiger partial charge in [-0.25, -0.2) is 0 Å². The lowest BCUT2D eigenvalue weighted by Crippen LogP contribution is -2.44. The highest BCUT2D eigenvalue weighted by Gasteiger charge is 2.51. The summed E-state index contributed by atoms with van der Waals surface area (Å²) >= 11 is 6.19. The number of ether oxygens (including phenoxy) is 1. The lowest BCUT2D eigenvalue weighted by molar-refractivity contribution is -0.137. The number of hydrogen-bond acceptors (Lipinski definition) is 4. The molecule has 0 spiro atoms. The molecule has 1 saturated heterocycles. The predicted molar refractivity (Wildman–Crippen MR) is 138 cm³/mol. The average molecular weight is 499 g/mol. The van der Waals surface area contributed by atoms with E-state index in [0.717, 1.165) is 5.56 Å². The first kappa shape index (κ1) is 26.3. The molecule has 5 nitrogen and oxygen atoms in total. The Morgan fingerprint density at radius 3 is 2.41 bits per heavy atom. The van der Waals surface area contributed by atoms with E-state index >= 15 is 0 Å². The van der Waals surface area contributed by atoms with Gasteiger partial charge in [0.15, 0.2) is 14.4 Å². The zero-order valence-electron chi connectivity index (χ0n) is 21.2. The summed E-state index contributed by atoms with van der Waals surface area (Å²) in [6.45, 7) is 16.2. The fourth-order valence-corrected chi connectivity index (χ4v) is 5.12. The molecule has 34 heavy (non-hydrogen) atoms. The summed E-state index contributed by atoms with van der Waals surface area (Å²) in [6.07, 6.45) is -0.671. The molecule has 1 fully saturated rings. The number of amides is 1. The van der Waals surface area contributed by atoms with Crippen LogP contribution in [0.5, 0.6) is 5.75 Å². The second-order valence-electron chi connectivity index (χ2n) is 11.2. The van der Waals surface area contributed by atoms with Crippen molar-refractivity contribution in [2.24, 2.45) is 5.41 Å². The molecule has 0 aromatic heterocycles. The van der Waals surface area contributed by atoms with Gasteiger partial charge < -0.3 is 14.1 Å². The number of carbonyl (C=O) groups excluding carboxylic acids is 1. The third-order valence-corrected chi connectivity index (χ3v) is 11.9. The van der Waals surface area contributed by atoms with Crippen LogP contribution in [0.3, 0.4) is 0 Å². The van der Waals surface area contributed by atoms with Crippen LogP contribution in [0.25, 0.3) is 0 Å². The van der Waals surface area contributed by atoms with Gasteiger partial charge in [0.05, 0.1) is 23.2 Å². The number of nitriles is 1. The number of halogens is 1. The van der Waals surface area contributed by atoms with Crippen LogP contribution in [-0.2, 0) is 9.22 Å². The second-order valence-corrected chi connectivity index (χ2v) is 16.4. The van der Waals surface area contributed by atoms with Gasteiger partial charge in [-0.15, -0.1) is 0 Å². The van der Waals surface area contributed by atoms with Crippen LogP contribution in [0.1, 0.15) is 51.8 Å². The van der Waals surface area contributed by atoms with Gasteiger partial charge in [-0.05, 0) is 35.8 Å². The first-order chi connectivity index (χ1) is 15.8. The fourth-order valence-electron chi connectivity index (χ4n) is 3.90. The highest BCUT2D eigenvalue weighted by molar-refractivity contribution is 6.74. The Kier molecular flexibility index (Phi) is 7.52. The molecule has 0 unspecified atom stereocenters. The molecular weight excluding hydrogens is 464 g/mol. The lowest BCUT2D eigenvalue weighted by Gasteiger charge is -2.39. The van der Waals surface area contributed by atoms with E-state index in [9.17, 15) is 4.79 Å². The van der Waals surface area contributed by atoms with E-state index in [0.29, 0.717) is 29.5 Å². The molecule has 0 aliphatic carbocycles. The van der Waals surface area contributed by atoms with E-state index in [2.05, 4.69) is 46.0 Å².